The molecule has 2 atom stereocenters. The van der Waals surface area contributed by atoms with Gasteiger partial charge in [0.05, 0.1) is 13.1 Å². The Morgan fingerprint density at radius 2 is 2.07 bits per heavy atom. The summed E-state index contributed by atoms with van der Waals surface area (Å²) in [6.45, 7) is 0. The van der Waals surface area contributed by atoms with Crippen LogP contribution >= 0.6 is 0 Å². The highest BCUT2D eigenvalue weighted by Gasteiger charge is 2.41. The number of methoxy groups -OCH3 is 1. The average Bonchev–Trinajstić information content (AvgIpc) is 2.97. The highest BCUT2D eigenvalue weighted by atomic mass is 16.6. The molecule has 0 N–H and O–H groups in total. The number of hydrogen-bond donors (Lipinski definition) is 0. The Labute approximate surface area is 81.1 Å². The van der Waals surface area contributed by atoms with Crippen LogP contribution in [-0.2, 0) is 9.53 Å². The molecule has 14 heavy (non-hydrogen) atoms. The van der Waals surface area contributed by atoms with Gasteiger partial charge in [-0.1, -0.05) is 12.1 Å². The van der Waals surface area contributed by atoms with E-state index >= 15 is 0 Å². The SMILES string of the molecule is COc1ccc([C@H]2O[C@@H]2C(=O)[O-])cc1. The molecule has 1 fully saturated rings. The first-order chi connectivity index (χ1) is 6.72. The predicted molar refractivity (Wildman–Crippen MR) is 45.6 cm³/mol. The molecule has 4 heteroatoms. The van der Waals surface area contributed by atoms with Crippen LogP contribution in [0.2, 0.25) is 0 Å². The molecule has 0 aromatic heterocycles. The van der Waals surface area contributed by atoms with E-state index in [2.05, 4.69) is 0 Å². The molecule has 1 saturated heterocycles. The van der Waals surface area contributed by atoms with E-state index in [1.807, 2.05) is 0 Å². The van der Waals surface area contributed by atoms with Gasteiger partial charge in [0, 0.05) is 0 Å². The minimum absolute atomic E-state index is 0.356. The summed E-state index contributed by atoms with van der Waals surface area (Å²) in [5.74, 6) is -0.426. The summed E-state index contributed by atoms with van der Waals surface area (Å²) in [6, 6.07) is 7.10. The van der Waals surface area contributed by atoms with Crippen molar-refractivity contribution in [3.05, 3.63) is 29.8 Å². The smallest absolute Gasteiger partial charge is 0.128 e. The van der Waals surface area contributed by atoms with E-state index in [-0.39, 0.29) is 6.10 Å². The van der Waals surface area contributed by atoms with E-state index in [0.717, 1.165) is 11.3 Å². The molecule has 0 spiro atoms. The topological polar surface area (TPSA) is 61.9 Å². The number of carboxylic acids is 1. The summed E-state index contributed by atoms with van der Waals surface area (Å²) in [7, 11) is 1.58. The van der Waals surface area contributed by atoms with Crippen molar-refractivity contribution in [2.24, 2.45) is 0 Å². The van der Waals surface area contributed by atoms with Crippen molar-refractivity contribution in [3.8, 4) is 5.75 Å². The van der Waals surface area contributed by atoms with Crippen molar-refractivity contribution in [2.75, 3.05) is 7.11 Å². The van der Waals surface area contributed by atoms with Crippen LogP contribution in [-0.4, -0.2) is 19.2 Å². The van der Waals surface area contributed by atoms with Gasteiger partial charge in [0.15, 0.2) is 0 Å². The highest BCUT2D eigenvalue weighted by Crippen LogP contribution is 2.38. The van der Waals surface area contributed by atoms with E-state index in [1.54, 1.807) is 31.4 Å². The molecule has 4 nitrogen and oxygen atoms in total. The molecule has 1 aromatic carbocycles. The first-order valence-corrected chi connectivity index (χ1v) is 4.22. The summed E-state index contributed by atoms with van der Waals surface area (Å²) in [5, 5.41) is 10.4. The summed E-state index contributed by atoms with van der Waals surface area (Å²) >= 11 is 0. The summed E-state index contributed by atoms with van der Waals surface area (Å²) in [6.07, 6.45) is -1.14. The predicted octanol–water partition coefficient (Wildman–Crippen LogP) is -0.115. The molecule has 74 valence electrons. The fraction of sp³-hybridized carbons (Fsp3) is 0.300. The molecule has 1 heterocycles. The number of carbonyl (C=O) groups is 1. The second-order valence-electron chi connectivity index (χ2n) is 3.07. The lowest BCUT2D eigenvalue weighted by Crippen LogP contribution is -2.28. The van der Waals surface area contributed by atoms with E-state index < -0.39 is 12.1 Å². The fourth-order valence-corrected chi connectivity index (χ4v) is 1.34. The third-order valence-electron chi connectivity index (χ3n) is 2.17. The molecule has 0 unspecified atom stereocenters. The molecule has 0 amide bonds. The molecule has 0 bridgehead atoms. The van der Waals surface area contributed by atoms with Crippen molar-refractivity contribution in [3.63, 3.8) is 0 Å². The number of ether oxygens (including phenoxy) is 2. The number of aliphatic carboxylic acids is 1. The number of carbonyl (C=O) groups excluding carboxylic acids is 1. The zero-order chi connectivity index (χ0) is 10.1. The number of epoxide rings is 1. The van der Waals surface area contributed by atoms with Crippen LogP contribution in [0, 0.1) is 0 Å². The first kappa shape index (κ1) is 9.02. The van der Waals surface area contributed by atoms with Gasteiger partial charge in [-0.2, -0.15) is 0 Å². The van der Waals surface area contributed by atoms with Crippen LogP contribution < -0.4 is 9.84 Å². The number of benzene rings is 1. The van der Waals surface area contributed by atoms with E-state index in [1.165, 1.54) is 0 Å². The van der Waals surface area contributed by atoms with Crippen LogP contribution in [0.5, 0.6) is 5.75 Å². The summed E-state index contributed by atoms with van der Waals surface area (Å²) in [4.78, 5) is 10.4. The molecule has 0 saturated carbocycles. The lowest BCUT2D eigenvalue weighted by Gasteiger charge is -2.00. The molecular weight excluding hydrogens is 184 g/mol. The third kappa shape index (κ3) is 1.56. The van der Waals surface area contributed by atoms with Gasteiger partial charge >= 0.3 is 0 Å². The van der Waals surface area contributed by atoms with Crippen molar-refractivity contribution < 1.29 is 19.4 Å². The van der Waals surface area contributed by atoms with Gasteiger partial charge in [0.2, 0.25) is 0 Å². The Morgan fingerprint density at radius 3 is 2.50 bits per heavy atom. The lowest BCUT2D eigenvalue weighted by molar-refractivity contribution is -0.307. The minimum Gasteiger partial charge on any atom is -0.547 e. The molecule has 1 aromatic rings. The number of carboxylic acid groups (broad SMARTS) is 1. The molecule has 1 aliphatic rings. The zero-order valence-electron chi connectivity index (χ0n) is 7.60. The molecular formula is C10H9O4-. The van der Waals surface area contributed by atoms with Gasteiger partial charge < -0.3 is 19.4 Å². The lowest BCUT2D eigenvalue weighted by atomic mass is 10.1. The Kier molecular flexibility index (Phi) is 2.13. The van der Waals surface area contributed by atoms with Crippen molar-refractivity contribution in [2.45, 2.75) is 12.2 Å². The van der Waals surface area contributed by atoms with Crippen LogP contribution in [0.1, 0.15) is 11.7 Å². The third-order valence-corrected chi connectivity index (χ3v) is 2.17. The number of hydrogen-bond acceptors (Lipinski definition) is 4. The first-order valence-electron chi connectivity index (χ1n) is 4.22. The molecule has 0 aliphatic carbocycles. The van der Waals surface area contributed by atoms with Crippen LogP contribution in [0.25, 0.3) is 0 Å². The maximum absolute atomic E-state index is 10.4. The van der Waals surface area contributed by atoms with Crippen LogP contribution in [0.15, 0.2) is 24.3 Å². The zero-order valence-corrected chi connectivity index (χ0v) is 7.60. The van der Waals surface area contributed by atoms with Crippen molar-refractivity contribution >= 4 is 5.97 Å². The van der Waals surface area contributed by atoms with Crippen molar-refractivity contribution in [1.29, 1.82) is 0 Å². The second-order valence-corrected chi connectivity index (χ2v) is 3.07. The Hall–Kier alpha value is -1.55. The normalized spacial score (nSPS) is 24.4. The summed E-state index contributed by atoms with van der Waals surface area (Å²) < 4.78 is 9.91. The monoisotopic (exact) mass is 193 g/mol. The maximum Gasteiger partial charge on any atom is 0.128 e. The van der Waals surface area contributed by atoms with Gasteiger partial charge in [0.25, 0.3) is 0 Å². The second kappa shape index (κ2) is 3.31. The Balaban J connectivity index is 2.08. The van der Waals surface area contributed by atoms with Crippen LogP contribution in [0.4, 0.5) is 0 Å². The largest absolute Gasteiger partial charge is 0.547 e. The van der Waals surface area contributed by atoms with Crippen molar-refractivity contribution in [1.82, 2.24) is 0 Å². The van der Waals surface area contributed by atoms with Gasteiger partial charge in [-0.15, -0.1) is 0 Å². The van der Waals surface area contributed by atoms with E-state index in [9.17, 15) is 9.90 Å². The molecule has 2 rings (SSSR count). The van der Waals surface area contributed by atoms with E-state index in [0.29, 0.717) is 0 Å². The molecule has 1 aliphatic heterocycles. The van der Waals surface area contributed by atoms with Gasteiger partial charge in [-0.25, -0.2) is 0 Å². The van der Waals surface area contributed by atoms with Crippen LogP contribution in [0.3, 0.4) is 0 Å². The van der Waals surface area contributed by atoms with Gasteiger partial charge in [-0.05, 0) is 17.7 Å². The standard InChI is InChI=1S/C10H10O4/c1-13-7-4-2-6(3-5-7)8-9(14-8)10(11)12/h2-5,8-9H,1H3,(H,11,12)/p-1/t8-,9+/m1/s1. The average molecular weight is 193 g/mol. The van der Waals surface area contributed by atoms with Gasteiger partial charge in [-0.3, -0.25) is 0 Å². The minimum atomic E-state index is -1.16. The maximum atomic E-state index is 10.4. The fourth-order valence-electron chi connectivity index (χ4n) is 1.34. The number of rotatable bonds is 3. The van der Waals surface area contributed by atoms with E-state index in [4.69, 9.17) is 9.47 Å². The highest BCUT2D eigenvalue weighted by molar-refractivity contribution is 5.74. The Morgan fingerprint density at radius 1 is 1.43 bits per heavy atom. The Bertz CT molecular complexity index is 344. The molecule has 0 radical (unpaired) electrons. The van der Waals surface area contributed by atoms with Gasteiger partial charge in [0.1, 0.15) is 18.0 Å². The summed E-state index contributed by atoms with van der Waals surface area (Å²) in [5.41, 5.74) is 0.833. The quantitative estimate of drug-likeness (QED) is 0.628.